The molecule has 0 bridgehead atoms. The van der Waals surface area contributed by atoms with Gasteiger partial charge in [-0.25, -0.2) is 13.2 Å². The van der Waals surface area contributed by atoms with Crippen molar-refractivity contribution in [2.45, 2.75) is 20.1 Å². The maximum Gasteiger partial charge on any atom is 0.387 e. The second-order valence-electron chi connectivity index (χ2n) is 6.29. The van der Waals surface area contributed by atoms with Crippen LogP contribution in [0.5, 0.6) is 11.5 Å². The van der Waals surface area contributed by atoms with Crippen LogP contribution in [0.2, 0.25) is 0 Å². The van der Waals surface area contributed by atoms with Crippen molar-refractivity contribution in [1.29, 1.82) is 0 Å². The standard InChI is InChI=1S/C20H12F7NO4/c1-8-2-4-11(32-20(26)27)10(6-8)28-19(29)12-5-3-9(31-12)7-30-18-16(24)14(22)13(21)15(23)17(18)25/h2-6,20H,7H2,1H3,(H,28,29). The lowest BCUT2D eigenvalue weighted by Crippen LogP contribution is -2.13. The normalized spacial score (nSPS) is 11.0. The topological polar surface area (TPSA) is 60.7 Å². The van der Waals surface area contributed by atoms with Crippen LogP contribution in [0.15, 0.2) is 34.7 Å². The highest BCUT2D eigenvalue weighted by Gasteiger charge is 2.27. The summed E-state index contributed by atoms with van der Waals surface area (Å²) in [5.41, 5.74) is 0.546. The van der Waals surface area contributed by atoms with Crippen molar-refractivity contribution in [3.63, 3.8) is 0 Å². The predicted molar refractivity (Wildman–Crippen MR) is 95.0 cm³/mol. The van der Waals surface area contributed by atoms with Gasteiger partial charge in [-0.2, -0.15) is 17.6 Å². The fourth-order valence-corrected chi connectivity index (χ4v) is 2.56. The van der Waals surface area contributed by atoms with Crippen molar-refractivity contribution in [2.24, 2.45) is 0 Å². The van der Waals surface area contributed by atoms with E-state index < -0.39 is 54.0 Å². The van der Waals surface area contributed by atoms with Gasteiger partial charge < -0.3 is 19.2 Å². The van der Waals surface area contributed by atoms with Gasteiger partial charge in [-0.3, -0.25) is 4.79 Å². The summed E-state index contributed by atoms with van der Waals surface area (Å²) in [6, 6.07) is 6.34. The van der Waals surface area contributed by atoms with Crippen LogP contribution in [0.1, 0.15) is 21.9 Å². The minimum absolute atomic E-state index is 0.0779. The number of amides is 1. The van der Waals surface area contributed by atoms with Crippen LogP contribution in [-0.2, 0) is 6.61 Å². The lowest BCUT2D eigenvalue weighted by molar-refractivity contribution is -0.0493. The van der Waals surface area contributed by atoms with E-state index in [1.165, 1.54) is 18.2 Å². The molecule has 0 spiro atoms. The van der Waals surface area contributed by atoms with Crippen LogP contribution in [-0.4, -0.2) is 12.5 Å². The van der Waals surface area contributed by atoms with Crippen LogP contribution >= 0.6 is 0 Å². The molecule has 3 aromatic rings. The molecule has 170 valence electrons. The summed E-state index contributed by atoms with van der Waals surface area (Å²) in [5.74, 6) is -14.3. The summed E-state index contributed by atoms with van der Waals surface area (Å²) in [6.45, 7) is -2.28. The van der Waals surface area contributed by atoms with Crippen molar-refractivity contribution in [1.82, 2.24) is 0 Å². The number of carbonyl (C=O) groups is 1. The zero-order valence-electron chi connectivity index (χ0n) is 15.9. The molecule has 3 rings (SSSR count). The molecule has 5 nitrogen and oxygen atoms in total. The van der Waals surface area contributed by atoms with Crippen LogP contribution < -0.4 is 14.8 Å². The number of anilines is 1. The highest BCUT2D eigenvalue weighted by Crippen LogP contribution is 2.30. The summed E-state index contributed by atoms with van der Waals surface area (Å²) in [5, 5.41) is 2.31. The Balaban J connectivity index is 1.74. The van der Waals surface area contributed by atoms with Gasteiger partial charge in [-0.05, 0) is 36.8 Å². The molecule has 0 saturated carbocycles. The number of halogens is 7. The van der Waals surface area contributed by atoms with Gasteiger partial charge in [0.05, 0.1) is 5.69 Å². The molecule has 0 aliphatic rings. The first-order valence-corrected chi connectivity index (χ1v) is 8.68. The first-order valence-electron chi connectivity index (χ1n) is 8.68. The summed E-state index contributed by atoms with van der Waals surface area (Å²) in [6.07, 6.45) is 0. The number of ether oxygens (including phenoxy) is 2. The Kier molecular flexibility index (Phi) is 6.61. The zero-order valence-corrected chi connectivity index (χ0v) is 15.9. The van der Waals surface area contributed by atoms with Crippen molar-refractivity contribution in [2.75, 3.05) is 5.32 Å². The summed E-state index contributed by atoms with van der Waals surface area (Å²) < 4.78 is 106. The molecule has 0 saturated heterocycles. The second kappa shape index (κ2) is 9.20. The number of hydrogen-bond donors (Lipinski definition) is 1. The molecule has 0 aliphatic heterocycles. The number of aryl methyl sites for hydroxylation is 1. The second-order valence-corrected chi connectivity index (χ2v) is 6.29. The SMILES string of the molecule is Cc1ccc(OC(F)F)c(NC(=O)c2ccc(COc3c(F)c(F)c(F)c(F)c3F)o2)c1. The minimum Gasteiger partial charge on any atom is -0.479 e. The number of furan rings is 1. The third-order valence-electron chi connectivity index (χ3n) is 4.01. The molecular weight excluding hydrogens is 451 g/mol. The van der Waals surface area contributed by atoms with Crippen molar-refractivity contribution < 1.29 is 49.4 Å². The summed E-state index contributed by atoms with van der Waals surface area (Å²) >= 11 is 0. The Hall–Kier alpha value is -3.70. The Labute approximate surface area is 175 Å². The molecule has 1 aromatic heterocycles. The maximum absolute atomic E-state index is 13.6. The van der Waals surface area contributed by atoms with Gasteiger partial charge in [0, 0.05) is 0 Å². The molecule has 1 N–H and O–H groups in total. The van der Waals surface area contributed by atoms with Gasteiger partial charge in [0.15, 0.2) is 11.5 Å². The van der Waals surface area contributed by atoms with Gasteiger partial charge in [0.1, 0.15) is 18.1 Å². The lowest BCUT2D eigenvalue weighted by Gasteiger charge is -2.12. The van der Waals surface area contributed by atoms with E-state index in [2.05, 4.69) is 14.8 Å². The Bertz CT molecular complexity index is 1130. The highest BCUT2D eigenvalue weighted by atomic mass is 19.3. The first kappa shape index (κ1) is 23.0. The van der Waals surface area contributed by atoms with E-state index in [4.69, 9.17) is 4.42 Å². The number of carbonyl (C=O) groups excluding carboxylic acids is 1. The average molecular weight is 463 g/mol. The molecular formula is C20H12F7NO4. The van der Waals surface area contributed by atoms with Crippen molar-refractivity contribution in [3.8, 4) is 11.5 Å². The quantitative estimate of drug-likeness (QED) is 0.277. The van der Waals surface area contributed by atoms with Crippen LogP contribution in [0.3, 0.4) is 0 Å². The Morgan fingerprint density at radius 3 is 2.22 bits per heavy atom. The third kappa shape index (κ3) is 4.79. The van der Waals surface area contributed by atoms with Gasteiger partial charge in [0.2, 0.25) is 29.1 Å². The van der Waals surface area contributed by atoms with E-state index in [-0.39, 0.29) is 23.0 Å². The fraction of sp³-hybridized carbons (Fsp3) is 0.150. The van der Waals surface area contributed by atoms with E-state index in [0.29, 0.717) is 5.56 Å². The predicted octanol–water partition coefficient (Wildman–Crippen LogP) is 5.72. The zero-order chi connectivity index (χ0) is 23.6. The smallest absolute Gasteiger partial charge is 0.387 e. The number of nitrogens with one attached hydrogen (secondary N) is 1. The number of hydrogen-bond acceptors (Lipinski definition) is 4. The van der Waals surface area contributed by atoms with Gasteiger partial charge in [-0.15, -0.1) is 0 Å². The molecule has 32 heavy (non-hydrogen) atoms. The molecule has 1 heterocycles. The largest absolute Gasteiger partial charge is 0.479 e. The molecule has 2 aromatic carbocycles. The van der Waals surface area contributed by atoms with E-state index >= 15 is 0 Å². The Morgan fingerprint density at radius 2 is 1.59 bits per heavy atom. The maximum atomic E-state index is 13.6. The molecule has 0 aliphatic carbocycles. The van der Waals surface area contributed by atoms with Gasteiger partial charge in [-0.1, -0.05) is 6.07 Å². The minimum atomic E-state index is -3.14. The molecule has 1 amide bonds. The summed E-state index contributed by atoms with van der Waals surface area (Å²) in [7, 11) is 0. The van der Waals surface area contributed by atoms with Gasteiger partial charge in [0.25, 0.3) is 5.91 Å². The Morgan fingerprint density at radius 1 is 0.969 bits per heavy atom. The number of rotatable bonds is 7. The van der Waals surface area contributed by atoms with E-state index in [1.807, 2.05) is 0 Å². The molecule has 0 fully saturated rings. The number of benzene rings is 2. The van der Waals surface area contributed by atoms with E-state index in [1.54, 1.807) is 6.92 Å². The average Bonchev–Trinajstić information content (AvgIpc) is 3.21. The monoisotopic (exact) mass is 463 g/mol. The highest BCUT2D eigenvalue weighted by molar-refractivity contribution is 6.03. The lowest BCUT2D eigenvalue weighted by atomic mass is 10.2. The van der Waals surface area contributed by atoms with Gasteiger partial charge >= 0.3 is 6.61 Å². The van der Waals surface area contributed by atoms with E-state index in [9.17, 15) is 35.5 Å². The molecule has 0 atom stereocenters. The number of alkyl halides is 2. The van der Waals surface area contributed by atoms with E-state index in [0.717, 1.165) is 12.1 Å². The first-order chi connectivity index (χ1) is 15.1. The molecule has 0 radical (unpaired) electrons. The molecule has 12 heteroatoms. The fourth-order valence-electron chi connectivity index (χ4n) is 2.56. The third-order valence-corrected chi connectivity index (χ3v) is 4.01. The van der Waals surface area contributed by atoms with Crippen molar-refractivity contribution >= 4 is 11.6 Å². The van der Waals surface area contributed by atoms with Crippen LogP contribution in [0.4, 0.5) is 36.4 Å². The van der Waals surface area contributed by atoms with Crippen LogP contribution in [0.25, 0.3) is 0 Å². The molecule has 0 unspecified atom stereocenters. The van der Waals surface area contributed by atoms with Crippen LogP contribution in [0, 0.1) is 36.0 Å². The summed E-state index contributed by atoms with van der Waals surface area (Å²) in [4.78, 5) is 12.3. The van der Waals surface area contributed by atoms with Crippen molar-refractivity contribution in [3.05, 3.63) is 76.5 Å².